The van der Waals surface area contributed by atoms with E-state index in [0.29, 0.717) is 5.56 Å². The molecule has 2 aromatic rings. The van der Waals surface area contributed by atoms with Crippen molar-refractivity contribution in [2.45, 2.75) is 17.4 Å². The minimum absolute atomic E-state index is 0.00298. The Morgan fingerprint density at radius 2 is 1.64 bits per heavy atom. The molecule has 0 bridgehead atoms. The van der Waals surface area contributed by atoms with E-state index in [0.717, 1.165) is 0 Å². The molecule has 0 aromatic heterocycles. The minimum Gasteiger partial charge on any atom is -0.507 e. The van der Waals surface area contributed by atoms with E-state index in [1.165, 1.54) is 24.3 Å². The van der Waals surface area contributed by atoms with Gasteiger partial charge in [0.1, 0.15) is 16.7 Å². The minimum atomic E-state index is -4.14. The Kier molecular flexibility index (Phi) is 4.79. The van der Waals surface area contributed by atoms with Gasteiger partial charge in [-0.05, 0) is 24.1 Å². The van der Waals surface area contributed by atoms with Crippen molar-refractivity contribution in [3.63, 3.8) is 0 Å². The van der Waals surface area contributed by atoms with Crippen molar-refractivity contribution >= 4 is 16.0 Å². The number of hydrogen-bond acceptors (Lipinski definition) is 4. The topological polar surface area (TPSA) is 104 Å². The Bertz CT molecular complexity index is 759. The van der Waals surface area contributed by atoms with Gasteiger partial charge in [-0.25, -0.2) is 8.42 Å². The molecule has 2 aromatic carbocycles. The van der Waals surface area contributed by atoms with E-state index in [4.69, 9.17) is 0 Å². The Labute approximate surface area is 128 Å². The van der Waals surface area contributed by atoms with Crippen LogP contribution in [0.25, 0.3) is 0 Å². The molecule has 0 fully saturated rings. The summed E-state index contributed by atoms with van der Waals surface area (Å²) in [4.78, 5) is 11.0. The molecule has 0 amide bonds. The van der Waals surface area contributed by atoms with Gasteiger partial charge in [-0.3, -0.25) is 4.79 Å². The third-order valence-corrected chi connectivity index (χ3v) is 4.55. The number of nitrogens with one attached hydrogen (secondary N) is 1. The summed E-state index contributed by atoms with van der Waals surface area (Å²) < 4.78 is 26.6. The Balaban J connectivity index is 2.24. The zero-order valence-corrected chi connectivity index (χ0v) is 12.3. The lowest BCUT2D eigenvalue weighted by atomic mass is 10.1. The highest BCUT2D eigenvalue weighted by Gasteiger charge is 2.27. The van der Waals surface area contributed by atoms with Crippen LogP contribution in [-0.4, -0.2) is 30.6 Å². The summed E-state index contributed by atoms with van der Waals surface area (Å²) in [5, 5.41) is 18.8. The molecule has 0 aliphatic rings. The van der Waals surface area contributed by atoms with E-state index in [2.05, 4.69) is 4.72 Å². The average molecular weight is 321 g/mol. The van der Waals surface area contributed by atoms with Gasteiger partial charge in [-0.15, -0.1) is 0 Å². The Hall–Kier alpha value is -2.38. The van der Waals surface area contributed by atoms with E-state index in [9.17, 15) is 23.4 Å². The first-order chi connectivity index (χ1) is 10.4. The second-order valence-corrected chi connectivity index (χ2v) is 6.35. The molecule has 22 heavy (non-hydrogen) atoms. The van der Waals surface area contributed by atoms with Gasteiger partial charge in [0.25, 0.3) is 0 Å². The second kappa shape index (κ2) is 6.59. The summed E-state index contributed by atoms with van der Waals surface area (Å²) in [5.41, 5.74) is 0.690. The van der Waals surface area contributed by atoms with Crippen LogP contribution >= 0.6 is 0 Å². The normalized spacial score (nSPS) is 12.7. The van der Waals surface area contributed by atoms with Crippen LogP contribution in [0.5, 0.6) is 5.75 Å². The average Bonchev–Trinajstić information content (AvgIpc) is 2.47. The summed E-state index contributed by atoms with van der Waals surface area (Å²) in [6.07, 6.45) is 0.00298. The molecule has 0 aliphatic heterocycles. The summed E-state index contributed by atoms with van der Waals surface area (Å²) in [5.74, 6) is -1.72. The third-order valence-electron chi connectivity index (χ3n) is 3.03. The highest BCUT2D eigenvalue weighted by atomic mass is 32.2. The molecule has 0 heterocycles. The van der Waals surface area contributed by atoms with Crippen molar-refractivity contribution in [2.75, 3.05) is 0 Å². The van der Waals surface area contributed by atoms with Crippen LogP contribution in [0.3, 0.4) is 0 Å². The number of benzene rings is 2. The van der Waals surface area contributed by atoms with E-state index >= 15 is 0 Å². The molecule has 116 valence electrons. The first kappa shape index (κ1) is 16.0. The van der Waals surface area contributed by atoms with Crippen LogP contribution in [-0.2, 0) is 21.2 Å². The predicted molar refractivity (Wildman–Crippen MR) is 80.0 cm³/mol. The number of aliphatic carboxylic acids is 1. The van der Waals surface area contributed by atoms with E-state index in [-0.39, 0.29) is 11.3 Å². The molecule has 0 aliphatic carbocycles. The van der Waals surface area contributed by atoms with Gasteiger partial charge >= 0.3 is 5.97 Å². The van der Waals surface area contributed by atoms with Crippen molar-refractivity contribution in [1.82, 2.24) is 4.72 Å². The van der Waals surface area contributed by atoms with E-state index in [1.54, 1.807) is 30.3 Å². The van der Waals surface area contributed by atoms with E-state index < -0.39 is 27.8 Å². The van der Waals surface area contributed by atoms with Crippen LogP contribution in [0.15, 0.2) is 59.5 Å². The Morgan fingerprint density at radius 3 is 2.23 bits per heavy atom. The number of carboxylic acid groups (broad SMARTS) is 1. The zero-order chi connectivity index (χ0) is 16.2. The van der Waals surface area contributed by atoms with Crippen LogP contribution in [0, 0.1) is 0 Å². The summed E-state index contributed by atoms with van der Waals surface area (Å²) >= 11 is 0. The van der Waals surface area contributed by atoms with E-state index in [1.807, 2.05) is 0 Å². The van der Waals surface area contributed by atoms with Crippen molar-refractivity contribution in [3.05, 3.63) is 60.2 Å². The second-order valence-electron chi connectivity index (χ2n) is 4.67. The highest BCUT2D eigenvalue weighted by Crippen LogP contribution is 2.21. The lowest BCUT2D eigenvalue weighted by Gasteiger charge is -2.15. The van der Waals surface area contributed by atoms with Crippen LogP contribution in [0.4, 0.5) is 0 Å². The fraction of sp³-hybridized carbons (Fsp3) is 0.133. The summed E-state index contributed by atoms with van der Waals surface area (Å²) in [6.45, 7) is 0. The molecule has 0 radical (unpaired) electrons. The molecular weight excluding hydrogens is 306 g/mol. The maximum Gasteiger partial charge on any atom is 0.322 e. The quantitative estimate of drug-likeness (QED) is 0.745. The number of rotatable bonds is 6. The molecule has 1 atom stereocenters. The van der Waals surface area contributed by atoms with Gasteiger partial charge in [0.15, 0.2) is 0 Å². The molecule has 1 unspecified atom stereocenters. The summed E-state index contributed by atoms with van der Waals surface area (Å²) in [6, 6.07) is 12.7. The molecule has 2 rings (SSSR count). The Morgan fingerprint density at radius 1 is 1.05 bits per heavy atom. The fourth-order valence-corrected chi connectivity index (χ4v) is 3.25. The van der Waals surface area contributed by atoms with Gasteiger partial charge in [-0.1, -0.05) is 42.5 Å². The zero-order valence-electron chi connectivity index (χ0n) is 11.5. The summed E-state index contributed by atoms with van der Waals surface area (Å²) in [7, 11) is -4.14. The van der Waals surface area contributed by atoms with Crippen molar-refractivity contribution in [1.29, 1.82) is 0 Å². The number of phenolic OH excluding ortho intramolecular Hbond substituents is 1. The number of carboxylic acids is 1. The first-order valence-corrected chi connectivity index (χ1v) is 7.95. The smallest absolute Gasteiger partial charge is 0.322 e. The largest absolute Gasteiger partial charge is 0.507 e. The monoisotopic (exact) mass is 321 g/mol. The van der Waals surface area contributed by atoms with Gasteiger partial charge in [0, 0.05) is 0 Å². The van der Waals surface area contributed by atoms with Gasteiger partial charge in [0.2, 0.25) is 10.0 Å². The number of hydrogen-bond donors (Lipinski definition) is 3. The van der Waals surface area contributed by atoms with Gasteiger partial charge in [0.05, 0.1) is 0 Å². The van der Waals surface area contributed by atoms with Crippen molar-refractivity contribution in [2.24, 2.45) is 0 Å². The SMILES string of the molecule is O=C(O)C(Cc1ccccc1)NS(=O)(=O)c1ccccc1O. The maximum absolute atomic E-state index is 12.2. The van der Waals surface area contributed by atoms with Gasteiger partial charge < -0.3 is 10.2 Å². The molecule has 7 heteroatoms. The molecule has 0 saturated heterocycles. The number of sulfonamides is 1. The molecule has 0 saturated carbocycles. The fourth-order valence-electron chi connectivity index (χ4n) is 1.96. The lowest BCUT2D eigenvalue weighted by Crippen LogP contribution is -2.42. The number of phenols is 1. The van der Waals surface area contributed by atoms with Crippen LogP contribution in [0.1, 0.15) is 5.56 Å². The number of aromatic hydroxyl groups is 1. The third kappa shape index (κ3) is 3.84. The molecule has 3 N–H and O–H groups in total. The van der Waals surface area contributed by atoms with Crippen molar-refractivity contribution < 1.29 is 23.4 Å². The van der Waals surface area contributed by atoms with Gasteiger partial charge in [-0.2, -0.15) is 4.72 Å². The van der Waals surface area contributed by atoms with Crippen LogP contribution < -0.4 is 4.72 Å². The highest BCUT2D eigenvalue weighted by molar-refractivity contribution is 7.89. The molecule has 6 nitrogen and oxygen atoms in total. The standard InChI is InChI=1S/C15H15NO5S/c17-13-8-4-5-9-14(13)22(20,21)16-12(15(18)19)10-11-6-2-1-3-7-11/h1-9,12,16-17H,10H2,(H,18,19). The van der Waals surface area contributed by atoms with Crippen LogP contribution in [0.2, 0.25) is 0 Å². The first-order valence-electron chi connectivity index (χ1n) is 6.47. The van der Waals surface area contributed by atoms with Crippen molar-refractivity contribution in [3.8, 4) is 5.75 Å². The lowest BCUT2D eigenvalue weighted by molar-refractivity contribution is -0.138. The number of para-hydroxylation sites is 1. The number of carbonyl (C=O) groups is 1. The maximum atomic E-state index is 12.2. The predicted octanol–water partition coefficient (Wildman–Crippen LogP) is 1.37. The molecule has 0 spiro atoms. The molecular formula is C15H15NO5S.